The Morgan fingerprint density at radius 2 is 1.93 bits per heavy atom. The largest absolute Gasteiger partial charge is 0.497 e. The molecule has 1 atom stereocenters. The molecule has 7 heteroatoms. The zero-order chi connectivity index (χ0) is 20.5. The van der Waals surface area contributed by atoms with Crippen molar-refractivity contribution in [2.24, 2.45) is 0 Å². The lowest BCUT2D eigenvalue weighted by molar-refractivity contribution is -0.937. The van der Waals surface area contributed by atoms with Crippen molar-refractivity contribution in [2.45, 2.75) is 6.04 Å². The van der Waals surface area contributed by atoms with Crippen LogP contribution in [0, 0.1) is 11.3 Å². The van der Waals surface area contributed by atoms with Crippen molar-refractivity contribution >= 4 is 5.91 Å². The van der Waals surface area contributed by atoms with Crippen LogP contribution < -0.4 is 19.7 Å². The molecule has 2 aromatic carbocycles. The summed E-state index contributed by atoms with van der Waals surface area (Å²) in [6.07, 6.45) is 0. The molecule has 152 valence electrons. The number of nitriles is 1. The SMILES string of the molecule is COc1ccc([C@@H](CNC(=O)COc2ccccc2C#N)[NH+]2CCOCC2)cc1. The highest BCUT2D eigenvalue weighted by Gasteiger charge is 2.27. The van der Waals surface area contributed by atoms with Gasteiger partial charge in [-0.15, -0.1) is 0 Å². The molecule has 7 nitrogen and oxygen atoms in total. The molecule has 0 spiro atoms. The lowest BCUT2D eigenvalue weighted by Gasteiger charge is -2.32. The third-order valence-corrected chi connectivity index (χ3v) is 5.02. The molecule has 0 saturated carbocycles. The van der Waals surface area contributed by atoms with Crippen LogP contribution in [0.25, 0.3) is 0 Å². The minimum absolute atomic E-state index is 0.111. The number of carbonyl (C=O) groups is 1. The summed E-state index contributed by atoms with van der Waals surface area (Å²) in [7, 11) is 1.64. The first-order valence-corrected chi connectivity index (χ1v) is 9.66. The third-order valence-electron chi connectivity index (χ3n) is 5.02. The van der Waals surface area contributed by atoms with E-state index in [1.54, 1.807) is 31.4 Å². The second-order valence-corrected chi connectivity index (χ2v) is 6.80. The summed E-state index contributed by atoms with van der Waals surface area (Å²) >= 11 is 0. The van der Waals surface area contributed by atoms with E-state index >= 15 is 0 Å². The Hall–Kier alpha value is -3.08. The van der Waals surface area contributed by atoms with E-state index in [1.165, 1.54) is 4.90 Å². The van der Waals surface area contributed by atoms with E-state index in [0.29, 0.717) is 31.1 Å². The van der Waals surface area contributed by atoms with Gasteiger partial charge in [0, 0.05) is 5.56 Å². The Kier molecular flexibility index (Phi) is 7.45. The molecule has 1 aliphatic rings. The van der Waals surface area contributed by atoms with Crippen molar-refractivity contribution in [3.63, 3.8) is 0 Å². The smallest absolute Gasteiger partial charge is 0.258 e. The monoisotopic (exact) mass is 396 g/mol. The van der Waals surface area contributed by atoms with Gasteiger partial charge in [-0.3, -0.25) is 4.79 Å². The zero-order valence-corrected chi connectivity index (χ0v) is 16.5. The van der Waals surface area contributed by atoms with Crippen LogP contribution >= 0.6 is 0 Å². The van der Waals surface area contributed by atoms with Crippen LogP contribution in [-0.2, 0) is 9.53 Å². The number of ether oxygens (including phenoxy) is 3. The average Bonchev–Trinajstić information content (AvgIpc) is 2.79. The van der Waals surface area contributed by atoms with Crippen LogP contribution in [0.1, 0.15) is 17.2 Å². The Balaban J connectivity index is 1.61. The number of carbonyl (C=O) groups excluding carboxylic acids is 1. The fourth-order valence-corrected chi connectivity index (χ4v) is 3.41. The van der Waals surface area contributed by atoms with Gasteiger partial charge >= 0.3 is 0 Å². The van der Waals surface area contributed by atoms with Gasteiger partial charge in [0.1, 0.15) is 36.7 Å². The number of para-hydroxylation sites is 1. The molecule has 1 heterocycles. The van der Waals surface area contributed by atoms with Gasteiger partial charge in [0.05, 0.1) is 32.4 Å². The van der Waals surface area contributed by atoms with Crippen molar-refractivity contribution in [1.82, 2.24) is 5.32 Å². The van der Waals surface area contributed by atoms with Crippen LogP contribution in [0.4, 0.5) is 0 Å². The highest BCUT2D eigenvalue weighted by Crippen LogP contribution is 2.17. The van der Waals surface area contributed by atoms with Gasteiger partial charge < -0.3 is 24.4 Å². The number of morpholine rings is 1. The summed E-state index contributed by atoms with van der Waals surface area (Å²) in [5.74, 6) is 0.998. The molecule has 1 aliphatic heterocycles. The second-order valence-electron chi connectivity index (χ2n) is 6.80. The number of quaternary nitrogens is 1. The maximum Gasteiger partial charge on any atom is 0.258 e. The van der Waals surface area contributed by atoms with E-state index < -0.39 is 0 Å². The summed E-state index contributed by atoms with van der Waals surface area (Å²) in [4.78, 5) is 13.7. The summed E-state index contributed by atoms with van der Waals surface area (Å²) in [6.45, 7) is 3.56. The molecule has 0 unspecified atom stereocenters. The van der Waals surface area contributed by atoms with Gasteiger partial charge in [-0.25, -0.2) is 0 Å². The number of nitrogens with one attached hydrogen (secondary N) is 2. The van der Waals surface area contributed by atoms with E-state index in [4.69, 9.17) is 19.5 Å². The van der Waals surface area contributed by atoms with Crippen molar-refractivity contribution in [2.75, 3.05) is 46.6 Å². The van der Waals surface area contributed by atoms with Crippen LogP contribution in [0.5, 0.6) is 11.5 Å². The normalized spacial score (nSPS) is 15.2. The summed E-state index contributed by atoms with van der Waals surface area (Å²) in [5, 5.41) is 12.1. The molecule has 1 amide bonds. The number of hydrogen-bond acceptors (Lipinski definition) is 5. The standard InChI is InChI=1S/C22H25N3O4/c1-27-19-8-6-17(7-9-19)20(25-10-12-28-13-11-25)15-24-22(26)16-29-21-5-3-2-4-18(21)14-23/h2-9,20H,10-13,15-16H2,1H3,(H,24,26)/p+1/t20-/m1/s1. The first-order chi connectivity index (χ1) is 14.2. The maximum atomic E-state index is 12.4. The van der Waals surface area contributed by atoms with Crippen LogP contribution in [0.2, 0.25) is 0 Å². The van der Waals surface area contributed by atoms with Crippen LogP contribution in [0.15, 0.2) is 48.5 Å². The highest BCUT2D eigenvalue weighted by atomic mass is 16.5. The Morgan fingerprint density at radius 1 is 1.21 bits per heavy atom. The van der Waals surface area contributed by atoms with E-state index in [9.17, 15) is 4.79 Å². The molecule has 1 fully saturated rings. The molecule has 1 saturated heterocycles. The quantitative estimate of drug-likeness (QED) is 0.687. The fraction of sp³-hybridized carbons (Fsp3) is 0.364. The van der Waals surface area contributed by atoms with Gasteiger partial charge in [0.15, 0.2) is 6.61 Å². The second kappa shape index (κ2) is 10.5. The highest BCUT2D eigenvalue weighted by molar-refractivity contribution is 5.77. The van der Waals surface area contributed by atoms with Crippen molar-refractivity contribution in [1.29, 1.82) is 5.26 Å². The van der Waals surface area contributed by atoms with Crippen molar-refractivity contribution in [3.8, 4) is 17.6 Å². The molecule has 0 aromatic heterocycles. The van der Waals surface area contributed by atoms with Crippen LogP contribution in [-0.4, -0.2) is 52.5 Å². The van der Waals surface area contributed by atoms with Crippen molar-refractivity contribution < 1.29 is 23.9 Å². The molecule has 0 aliphatic carbocycles. The number of nitrogens with zero attached hydrogens (tertiary/aromatic N) is 1. The summed E-state index contributed by atoms with van der Waals surface area (Å²) in [6, 6.07) is 17.0. The molecular formula is C22H26N3O4+. The van der Waals surface area contributed by atoms with E-state index in [0.717, 1.165) is 24.4 Å². The summed E-state index contributed by atoms with van der Waals surface area (Å²) < 4.78 is 16.3. The topological polar surface area (TPSA) is 85.0 Å². The number of rotatable bonds is 8. The first-order valence-electron chi connectivity index (χ1n) is 9.66. The Morgan fingerprint density at radius 3 is 2.62 bits per heavy atom. The average molecular weight is 396 g/mol. The van der Waals surface area contributed by atoms with Gasteiger partial charge in [-0.05, 0) is 36.4 Å². The molecule has 0 radical (unpaired) electrons. The number of hydrogen-bond donors (Lipinski definition) is 2. The predicted octanol–water partition coefficient (Wildman–Crippen LogP) is 0.718. The van der Waals surface area contributed by atoms with E-state index in [-0.39, 0.29) is 18.6 Å². The number of amides is 1. The minimum Gasteiger partial charge on any atom is -0.497 e. The third kappa shape index (κ3) is 5.70. The van der Waals surface area contributed by atoms with E-state index in [1.807, 2.05) is 24.3 Å². The lowest BCUT2D eigenvalue weighted by atomic mass is 10.0. The van der Waals surface area contributed by atoms with Crippen molar-refractivity contribution in [3.05, 3.63) is 59.7 Å². The molecular weight excluding hydrogens is 370 g/mol. The Bertz CT molecular complexity index is 842. The maximum absolute atomic E-state index is 12.4. The molecule has 2 N–H and O–H groups in total. The molecule has 0 bridgehead atoms. The predicted molar refractivity (Wildman–Crippen MR) is 107 cm³/mol. The Labute approximate surface area is 170 Å². The number of methoxy groups -OCH3 is 1. The van der Waals surface area contributed by atoms with Gasteiger partial charge in [-0.1, -0.05) is 12.1 Å². The molecule has 29 heavy (non-hydrogen) atoms. The first kappa shape index (κ1) is 20.6. The zero-order valence-electron chi connectivity index (χ0n) is 16.5. The van der Waals surface area contributed by atoms with Gasteiger partial charge in [0.2, 0.25) is 0 Å². The lowest BCUT2D eigenvalue weighted by Crippen LogP contribution is -3.15. The van der Waals surface area contributed by atoms with Gasteiger partial charge in [-0.2, -0.15) is 5.26 Å². The van der Waals surface area contributed by atoms with Crippen LogP contribution in [0.3, 0.4) is 0 Å². The molecule has 3 rings (SSSR count). The van der Waals surface area contributed by atoms with Gasteiger partial charge in [0.25, 0.3) is 5.91 Å². The minimum atomic E-state index is -0.219. The fourth-order valence-electron chi connectivity index (χ4n) is 3.41. The summed E-state index contributed by atoms with van der Waals surface area (Å²) in [5.41, 5.74) is 1.55. The molecule has 2 aromatic rings. The van der Waals surface area contributed by atoms with E-state index in [2.05, 4.69) is 11.4 Å². The number of benzene rings is 2.